The molecule has 0 atom stereocenters. The van der Waals surface area contributed by atoms with Crippen molar-refractivity contribution in [2.45, 2.75) is 19.0 Å². The van der Waals surface area contributed by atoms with Crippen LogP contribution >= 0.6 is 0 Å². The average Bonchev–Trinajstić information content (AvgIpc) is 2.37. The van der Waals surface area contributed by atoms with Crippen molar-refractivity contribution in [2.24, 2.45) is 0 Å². The Labute approximate surface area is 120 Å². The second-order valence-corrected chi connectivity index (χ2v) is 4.28. The van der Waals surface area contributed by atoms with Crippen LogP contribution < -0.4 is 15.8 Å². The van der Waals surface area contributed by atoms with Gasteiger partial charge in [0, 0.05) is 18.7 Å². The molecule has 0 saturated heterocycles. The molecule has 118 valence electrons. The van der Waals surface area contributed by atoms with Gasteiger partial charge in [-0.15, -0.1) is 0 Å². The largest absolute Gasteiger partial charge is 0.495 e. The number of nitrogens with one attached hydrogen (secondary N) is 1. The van der Waals surface area contributed by atoms with E-state index in [9.17, 15) is 18.0 Å². The number of alkyl halides is 3. The smallest absolute Gasteiger partial charge is 0.411 e. The van der Waals surface area contributed by atoms with Gasteiger partial charge in [-0.25, -0.2) is 0 Å². The van der Waals surface area contributed by atoms with E-state index in [1.54, 1.807) is 12.1 Å². The zero-order valence-corrected chi connectivity index (χ0v) is 11.5. The second-order valence-electron chi connectivity index (χ2n) is 4.28. The Kier molecular flexibility index (Phi) is 6.29. The number of hydrogen-bond acceptors (Lipinski definition) is 4. The number of methoxy groups -OCH3 is 1. The first-order valence-corrected chi connectivity index (χ1v) is 6.19. The summed E-state index contributed by atoms with van der Waals surface area (Å²) in [6, 6.07) is 4.77. The van der Waals surface area contributed by atoms with Crippen LogP contribution in [0, 0.1) is 0 Å². The number of benzene rings is 1. The van der Waals surface area contributed by atoms with Crippen LogP contribution in [0.2, 0.25) is 0 Å². The number of amides is 1. The molecule has 0 aliphatic heterocycles. The van der Waals surface area contributed by atoms with Crippen LogP contribution in [0.25, 0.3) is 0 Å². The number of anilines is 2. The van der Waals surface area contributed by atoms with E-state index in [4.69, 9.17) is 10.5 Å². The molecule has 0 aromatic heterocycles. The fraction of sp³-hybridized carbons (Fsp3) is 0.462. The topological polar surface area (TPSA) is 73.6 Å². The van der Waals surface area contributed by atoms with Crippen LogP contribution in [0.1, 0.15) is 12.8 Å². The molecule has 0 unspecified atom stereocenters. The van der Waals surface area contributed by atoms with Crippen molar-refractivity contribution in [3.8, 4) is 5.75 Å². The Bertz CT molecular complexity index is 478. The van der Waals surface area contributed by atoms with E-state index >= 15 is 0 Å². The summed E-state index contributed by atoms with van der Waals surface area (Å²) in [6.07, 6.45) is -4.13. The fourth-order valence-electron chi connectivity index (χ4n) is 1.56. The number of carbonyl (C=O) groups excluding carboxylic acids is 1. The molecule has 1 aromatic carbocycles. The molecule has 5 nitrogen and oxygen atoms in total. The van der Waals surface area contributed by atoms with Crippen molar-refractivity contribution in [3.05, 3.63) is 18.2 Å². The number of nitrogens with two attached hydrogens (primary N) is 1. The standard InChI is InChI=1S/C13H17F3N2O3/c1-20-11-5-4-9(17)7-10(11)18-12(19)3-2-6-21-8-13(14,15)16/h4-5,7H,2-3,6,8,17H2,1H3,(H,18,19). The summed E-state index contributed by atoms with van der Waals surface area (Å²) in [4.78, 5) is 11.7. The third kappa shape index (κ3) is 6.84. The van der Waals surface area contributed by atoms with E-state index in [0.717, 1.165) is 0 Å². The second kappa shape index (κ2) is 7.72. The van der Waals surface area contributed by atoms with Crippen LogP contribution in [0.4, 0.5) is 24.5 Å². The highest BCUT2D eigenvalue weighted by atomic mass is 19.4. The lowest BCUT2D eigenvalue weighted by molar-refractivity contribution is -0.174. The van der Waals surface area contributed by atoms with Crippen LogP contribution in [0.5, 0.6) is 5.75 Å². The number of halogens is 3. The van der Waals surface area contributed by atoms with Gasteiger partial charge in [-0.1, -0.05) is 0 Å². The summed E-state index contributed by atoms with van der Waals surface area (Å²) in [5.74, 6) is 0.0976. The molecule has 0 heterocycles. The molecule has 0 fully saturated rings. The van der Waals surface area contributed by atoms with Crippen molar-refractivity contribution in [2.75, 3.05) is 31.4 Å². The zero-order valence-electron chi connectivity index (χ0n) is 11.5. The molecule has 0 saturated carbocycles. The Hall–Kier alpha value is -1.96. The monoisotopic (exact) mass is 306 g/mol. The van der Waals surface area contributed by atoms with Gasteiger partial charge in [0.2, 0.25) is 5.91 Å². The molecule has 0 aliphatic carbocycles. The number of ether oxygens (including phenoxy) is 2. The first-order valence-electron chi connectivity index (χ1n) is 6.19. The lowest BCUT2D eigenvalue weighted by atomic mass is 10.2. The minimum Gasteiger partial charge on any atom is -0.495 e. The van der Waals surface area contributed by atoms with Crippen LogP contribution in [-0.2, 0) is 9.53 Å². The molecule has 8 heteroatoms. The lowest BCUT2D eigenvalue weighted by Gasteiger charge is -2.11. The number of nitrogen functional groups attached to an aromatic ring is 1. The Balaban J connectivity index is 2.36. The van der Waals surface area contributed by atoms with Crippen molar-refractivity contribution < 1.29 is 27.4 Å². The molecule has 0 radical (unpaired) electrons. The molecule has 0 aliphatic rings. The first-order chi connectivity index (χ1) is 9.81. The molecule has 3 N–H and O–H groups in total. The molecule has 1 rings (SSSR count). The van der Waals surface area contributed by atoms with E-state index in [1.165, 1.54) is 13.2 Å². The maximum Gasteiger partial charge on any atom is 0.411 e. The van der Waals surface area contributed by atoms with Crippen LogP contribution in [0.15, 0.2) is 18.2 Å². The minimum absolute atomic E-state index is 0.0375. The molecule has 1 amide bonds. The summed E-state index contributed by atoms with van der Waals surface area (Å²) in [7, 11) is 1.45. The van der Waals surface area contributed by atoms with E-state index in [-0.39, 0.29) is 25.4 Å². The molecular formula is C13H17F3N2O3. The SMILES string of the molecule is COc1ccc(N)cc1NC(=O)CCCOCC(F)(F)F. The van der Waals surface area contributed by atoms with Gasteiger partial charge in [0.1, 0.15) is 12.4 Å². The summed E-state index contributed by atoms with van der Waals surface area (Å²) in [5, 5.41) is 2.59. The van der Waals surface area contributed by atoms with Crippen molar-refractivity contribution >= 4 is 17.3 Å². The maximum atomic E-state index is 11.8. The van der Waals surface area contributed by atoms with E-state index in [2.05, 4.69) is 10.1 Å². The Morgan fingerprint density at radius 2 is 2.10 bits per heavy atom. The summed E-state index contributed by atoms with van der Waals surface area (Å²) < 4.78 is 44.9. The lowest BCUT2D eigenvalue weighted by Crippen LogP contribution is -2.18. The number of rotatable bonds is 7. The van der Waals surface area contributed by atoms with E-state index in [1.807, 2.05) is 0 Å². The molecular weight excluding hydrogens is 289 g/mol. The maximum absolute atomic E-state index is 11.8. The first kappa shape index (κ1) is 17.1. The molecule has 21 heavy (non-hydrogen) atoms. The fourth-order valence-corrected chi connectivity index (χ4v) is 1.56. The summed E-state index contributed by atoms with van der Waals surface area (Å²) in [5.41, 5.74) is 6.48. The van der Waals surface area contributed by atoms with E-state index in [0.29, 0.717) is 17.1 Å². The van der Waals surface area contributed by atoms with Gasteiger partial charge in [-0.3, -0.25) is 4.79 Å². The number of hydrogen-bond donors (Lipinski definition) is 2. The van der Waals surface area contributed by atoms with Crippen LogP contribution in [0.3, 0.4) is 0 Å². The summed E-state index contributed by atoms with van der Waals surface area (Å²) in [6.45, 7) is -1.45. The van der Waals surface area contributed by atoms with Gasteiger partial charge in [0.25, 0.3) is 0 Å². The summed E-state index contributed by atoms with van der Waals surface area (Å²) >= 11 is 0. The molecule has 0 spiro atoms. The molecule has 1 aromatic rings. The average molecular weight is 306 g/mol. The predicted molar refractivity (Wildman–Crippen MR) is 72.1 cm³/mol. The normalized spacial score (nSPS) is 11.2. The van der Waals surface area contributed by atoms with Crippen LogP contribution in [-0.4, -0.2) is 32.4 Å². The Morgan fingerprint density at radius 1 is 1.38 bits per heavy atom. The third-order valence-electron chi connectivity index (χ3n) is 2.46. The van der Waals surface area contributed by atoms with Gasteiger partial charge in [-0.05, 0) is 24.6 Å². The van der Waals surface area contributed by atoms with Gasteiger partial charge in [0.15, 0.2) is 0 Å². The minimum atomic E-state index is -4.35. The van der Waals surface area contributed by atoms with Gasteiger partial charge < -0.3 is 20.5 Å². The van der Waals surface area contributed by atoms with Gasteiger partial charge in [0.05, 0.1) is 12.8 Å². The quantitative estimate of drug-likeness (QED) is 0.600. The van der Waals surface area contributed by atoms with Gasteiger partial charge in [-0.2, -0.15) is 13.2 Å². The Morgan fingerprint density at radius 3 is 2.71 bits per heavy atom. The molecule has 0 bridgehead atoms. The predicted octanol–water partition coefficient (Wildman–Crippen LogP) is 2.58. The van der Waals surface area contributed by atoms with Crippen molar-refractivity contribution in [1.29, 1.82) is 0 Å². The number of carbonyl (C=O) groups is 1. The zero-order chi connectivity index (χ0) is 15.9. The third-order valence-corrected chi connectivity index (χ3v) is 2.46. The highest BCUT2D eigenvalue weighted by Crippen LogP contribution is 2.26. The van der Waals surface area contributed by atoms with Crippen molar-refractivity contribution in [1.82, 2.24) is 0 Å². The highest BCUT2D eigenvalue weighted by molar-refractivity contribution is 5.92. The highest BCUT2D eigenvalue weighted by Gasteiger charge is 2.27. The van der Waals surface area contributed by atoms with Crippen molar-refractivity contribution in [3.63, 3.8) is 0 Å². The van der Waals surface area contributed by atoms with Gasteiger partial charge >= 0.3 is 6.18 Å². The van der Waals surface area contributed by atoms with E-state index < -0.39 is 12.8 Å².